The summed E-state index contributed by atoms with van der Waals surface area (Å²) in [7, 11) is 0. The minimum absolute atomic E-state index is 0.0708. The predicted molar refractivity (Wildman–Crippen MR) is 124 cm³/mol. The molecular formula is C22H18Cl2N2O3S. The Morgan fingerprint density at radius 3 is 2.73 bits per heavy atom. The van der Waals surface area contributed by atoms with Gasteiger partial charge >= 0.3 is 0 Å². The second kappa shape index (κ2) is 9.94. The van der Waals surface area contributed by atoms with Crippen molar-refractivity contribution in [3.8, 4) is 23.8 Å². The molecule has 1 fully saturated rings. The van der Waals surface area contributed by atoms with E-state index in [1.165, 1.54) is 11.8 Å². The highest BCUT2D eigenvalue weighted by Crippen LogP contribution is 2.38. The Kier molecular flexibility index (Phi) is 7.33. The maximum absolute atomic E-state index is 12.4. The fourth-order valence-electron chi connectivity index (χ4n) is 2.59. The number of nitrogens with zero attached hydrogens (tertiary/aromatic N) is 1. The van der Waals surface area contributed by atoms with Crippen molar-refractivity contribution >= 4 is 57.8 Å². The molecule has 30 heavy (non-hydrogen) atoms. The van der Waals surface area contributed by atoms with Gasteiger partial charge in [0.05, 0.1) is 22.2 Å². The minimum atomic E-state index is -0.251. The number of rotatable bonds is 6. The van der Waals surface area contributed by atoms with Crippen molar-refractivity contribution in [2.45, 2.75) is 13.8 Å². The SMILES string of the molecule is C#CCOc1c(Cl)cc(C=C2SC(=Nc3ccc(C)c(Cl)c3)NC2=O)cc1OCC. The van der Waals surface area contributed by atoms with Crippen LogP contribution in [0.4, 0.5) is 5.69 Å². The van der Waals surface area contributed by atoms with Gasteiger partial charge < -0.3 is 14.8 Å². The van der Waals surface area contributed by atoms with Crippen LogP contribution in [0.3, 0.4) is 0 Å². The Hall–Kier alpha value is -2.59. The van der Waals surface area contributed by atoms with Crippen LogP contribution in [0.5, 0.6) is 11.5 Å². The Bertz CT molecular complexity index is 1090. The maximum atomic E-state index is 12.4. The molecule has 0 unspecified atom stereocenters. The minimum Gasteiger partial charge on any atom is -0.490 e. The van der Waals surface area contributed by atoms with Gasteiger partial charge in [0.2, 0.25) is 0 Å². The van der Waals surface area contributed by atoms with Crippen LogP contribution in [-0.4, -0.2) is 24.3 Å². The monoisotopic (exact) mass is 460 g/mol. The summed E-state index contributed by atoms with van der Waals surface area (Å²) in [5.74, 6) is 2.98. The molecule has 1 aliphatic rings. The summed E-state index contributed by atoms with van der Waals surface area (Å²) in [6, 6.07) is 8.90. The number of thioether (sulfide) groups is 1. The standard InChI is InChI=1S/C22H18Cl2N2O3S/c1-4-8-29-20-17(24)9-14(10-18(20)28-5-2)11-19-21(27)26-22(30-19)25-15-7-6-13(3)16(23)12-15/h1,6-7,9-12H,5,8H2,2-3H3,(H,25,26,27). The largest absolute Gasteiger partial charge is 0.490 e. The van der Waals surface area contributed by atoms with Gasteiger partial charge in [-0.2, -0.15) is 0 Å². The molecule has 2 aromatic carbocycles. The first-order chi connectivity index (χ1) is 14.4. The second-order valence-electron chi connectivity index (χ2n) is 6.17. The number of hydrogen-bond acceptors (Lipinski definition) is 5. The van der Waals surface area contributed by atoms with E-state index in [1.807, 2.05) is 26.0 Å². The molecule has 1 N–H and O–H groups in total. The average molecular weight is 461 g/mol. The van der Waals surface area contributed by atoms with E-state index in [2.05, 4.69) is 16.2 Å². The molecule has 0 aliphatic carbocycles. The molecule has 1 heterocycles. The van der Waals surface area contributed by atoms with Crippen molar-refractivity contribution in [3.63, 3.8) is 0 Å². The lowest BCUT2D eigenvalue weighted by atomic mass is 10.2. The molecule has 1 aliphatic heterocycles. The summed E-state index contributed by atoms with van der Waals surface area (Å²) < 4.78 is 11.1. The maximum Gasteiger partial charge on any atom is 0.264 e. The van der Waals surface area contributed by atoms with E-state index in [9.17, 15) is 4.79 Å². The highest BCUT2D eigenvalue weighted by Gasteiger charge is 2.24. The summed E-state index contributed by atoms with van der Waals surface area (Å²) in [6.07, 6.45) is 6.97. The molecule has 0 atom stereocenters. The number of aliphatic imine (C=N–C) groups is 1. The topological polar surface area (TPSA) is 59.9 Å². The molecule has 0 radical (unpaired) electrons. The number of aryl methyl sites for hydroxylation is 1. The summed E-state index contributed by atoms with van der Waals surface area (Å²) in [5.41, 5.74) is 2.31. The van der Waals surface area contributed by atoms with Gasteiger partial charge in [0.1, 0.15) is 6.61 Å². The van der Waals surface area contributed by atoms with E-state index in [1.54, 1.807) is 24.3 Å². The molecule has 2 aromatic rings. The van der Waals surface area contributed by atoms with Gasteiger partial charge in [-0.15, -0.1) is 6.42 Å². The van der Waals surface area contributed by atoms with Gasteiger partial charge in [0, 0.05) is 5.02 Å². The second-order valence-corrected chi connectivity index (χ2v) is 8.02. The zero-order valence-electron chi connectivity index (χ0n) is 16.3. The van der Waals surface area contributed by atoms with Crippen molar-refractivity contribution in [1.29, 1.82) is 0 Å². The molecule has 3 rings (SSSR count). The van der Waals surface area contributed by atoms with Crippen molar-refractivity contribution in [2.75, 3.05) is 13.2 Å². The zero-order valence-corrected chi connectivity index (χ0v) is 18.6. The molecule has 154 valence electrons. The number of halogens is 2. The van der Waals surface area contributed by atoms with Crippen molar-refractivity contribution in [1.82, 2.24) is 5.32 Å². The molecule has 1 amide bonds. The molecule has 1 saturated heterocycles. The van der Waals surface area contributed by atoms with Crippen LogP contribution >= 0.6 is 35.0 Å². The zero-order chi connectivity index (χ0) is 21.7. The number of amides is 1. The van der Waals surface area contributed by atoms with E-state index < -0.39 is 0 Å². The van der Waals surface area contributed by atoms with Crippen LogP contribution in [0.15, 0.2) is 40.2 Å². The first kappa shape index (κ1) is 22.1. The summed E-state index contributed by atoms with van der Waals surface area (Å²) in [5, 5.41) is 4.18. The number of amidine groups is 1. The normalized spacial score (nSPS) is 15.9. The number of terminal acetylenes is 1. The number of ether oxygens (including phenoxy) is 2. The van der Waals surface area contributed by atoms with Gasteiger partial charge in [-0.05, 0) is 67.1 Å². The smallest absolute Gasteiger partial charge is 0.264 e. The van der Waals surface area contributed by atoms with Crippen LogP contribution in [0.25, 0.3) is 6.08 Å². The number of hydrogen-bond donors (Lipinski definition) is 1. The van der Waals surface area contributed by atoms with E-state index in [-0.39, 0.29) is 12.5 Å². The molecule has 0 saturated carbocycles. The molecular weight excluding hydrogens is 443 g/mol. The van der Waals surface area contributed by atoms with Gasteiger partial charge in [-0.3, -0.25) is 4.79 Å². The molecule has 5 nitrogen and oxygen atoms in total. The quantitative estimate of drug-likeness (QED) is 0.449. The Morgan fingerprint density at radius 1 is 1.23 bits per heavy atom. The van der Waals surface area contributed by atoms with Crippen LogP contribution < -0.4 is 14.8 Å². The number of nitrogens with one attached hydrogen (secondary N) is 1. The van der Waals surface area contributed by atoms with E-state index in [0.717, 1.165) is 5.56 Å². The number of benzene rings is 2. The van der Waals surface area contributed by atoms with Crippen LogP contribution in [0, 0.1) is 19.3 Å². The third kappa shape index (κ3) is 5.31. The Labute approximate surface area is 189 Å². The van der Waals surface area contributed by atoms with Gasteiger partial charge in [0.25, 0.3) is 5.91 Å². The van der Waals surface area contributed by atoms with E-state index in [4.69, 9.17) is 39.1 Å². The lowest BCUT2D eigenvalue weighted by Crippen LogP contribution is -2.19. The average Bonchev–Trinajstić information content (AvgIpc) is 3.03. The summed E-state index contributed by atoms with van der Waals surface area (Å²) in [4.78, 5) is 17.3. The first-order valence-electron chi connectivity index (χ1n) is 8.99. The fraction of sp³-hybridized carbons (Fsp3) is 0.182. The number of carbonyl (C=O) groups is 1. The van der Waals surface area contributed by atoms with E-state index >= 15 is 0 Å². The van der Waals surface area contributed by atoms with E-state index in [0.29, 0.717) is 49.5 Å². The van der Waals surface area contributed by atoms with Crippen LogP contribution in [0.1, 0.15) is 18.1 Å². The molecule has 8 heteroatoms. The Balaban J connectivity index is 1.87. The lowest BCUT2D eigenvalue weighted by molar-refractivity contribution is -0.115. The highest BCUT2D eigenvalue weighted by molar-refractivity contribution is 8.18. The van der Waals surface area contributed by atoms with Gasteiger partial charge in [-0.1, -0.05) is 35.2 Å². The first-order valence-corrected chi connectivity index (χ1v) is 10.6. The predicted octanol–water partition coefficient (Wildman–Crippen LogP) is 5.60. The molecule has 0 bridgehead atoms. The van der Waals surface area contributed by atoms with Gasteiger partial charge in [-0.25, -0.2) is 4.99 Å². The van der Waals surface area contributed by atoms with Crippen LogP contribution in [0.2, 0.25) is 10.0 Å². The van der Waals surface area contributed by atoms with Crippen LogP contribution in [-0.2, 0) is 4.79 Å². The highest BCUT2D eigenvalue weighted by atomic mass is 35.5. The van der Waals surface area contributed by atoms with Crippen molar-refractivity contribution in [2.24, 2.45) is 4.99 Å². The summed E-state index contributed by atoms with van der Waals surface area (Å²) in [6.45, 7) is 4.26. The molecule has 0 aromatic heterocycles. The summed E-state index contributed by atoms with van der Waals surface area (Å²) >= 11 is 13.7. The third-order valence-corrected chi connectivity index (χ3v) is 5.56. The third-order valence-electron chi connectivity index (χ3n) is 3.97. The van der Waals surface area contributed by atoms with Crippen molar-refractivity contribution < 1.29 is 14.3 Å². The van der Waals surface area contributed by atoms with Crippen molar-refractivity contribution in [3.05, 3.63) is 56.4 Å². The van der Waals surface area contributed by atoms with Gasteiger partial charge in [0.15, 0.2) is 16.7 Å². The molecule has 0 spiro atoms. The fourth-order valence-corrected chi connectivity index (χ4v) is 3.88. The number of carbonyl (C=O) groups excluding carboxylic acids is 1. The lowest BCUT2D eigenvalue weighted by Gasteiger charge is -2.13. The Morgan fingerprint density at radius 2 is 2.03 bits per heavy atom.